The molecule has 1 amide bonds. The summed E-state index contributed by atoms with van der Waals surface area (Å²) >= 11 is 0. The molecular formula is C22H28N4O3S. The van der Waals surface area contributed by atoms with Crippen molar-refractivity contribution in [3.63, 3.8) is 0 Å². The minimum absolute atomic E-state index is 0.0826. The molecule has 3 rings (SSSR count). The number of imidazole rings is 1. The molecule has 3 aromatic rings. The molecule has 0 spiro atoms. The number of nitrogens with zero attached hydrogens (tertiary/aromatic N) is 3. The van der Waals surface area contributed by atoms with E-state index in [4.69, 9.17) is 0 Å². The topological polar surface area (TPSA) is 84.3 Å². The quantitative estimate of drug-likeness (QED) is 0.593. The highest BCUT2D eigenvalue weighted by molar-refractivity contribution is 7.89. The Labute approximate surface area is 177 Å². The van der Waals surface area contributed by atoms with Crippen molar-refractivity contribution in [2.24, 2.45) is 0 Å². The van der Waals surface area contributed by atoms with Gasteiger partial charge in [-0.25, -0.2) is 13.4 Å². The molecule has 30 heavy (non-hydrogen) atoms. The molecule has 0 aliphatic carbocycles. The number of carbonyl (C=O) groups excluding carboxylic acids is 1. The number of rotatable bonds is 8. The Morgan fingerprint density at radius 2 is 1.80 bits per heavy atom. The fourth-order valence-corrected chi connectivity index (χ4v) is 4.84. The molecule has 1 heterocycles. The van der Waals surface area contributed by atoms with Crippen molar-refractivity contribution in [3.8, 4) is 0 Å². The summed E-state index contributed by atoms with van der Waals surface area (Å²) in [5.41, 5.74) is 4.49. The first-order valence-electron chi connectivity index (χ1n) is 10.1. The molecule has 7 nitrogen and oxygen atoms in total. The van der Waals surface area contributed by atoms with E-state index in [9.17, 15) is 13.2 Å². The highest BCUT2D eigenvalue weighted by Gasteiger charge is 2.22. The molecule has 2 aromatic carbocycles. The maximum Gasteiger partial charge on any atom is 0.243 e. The minimum atomic E-state index is -3.53. The number of hydrogen-bond donors (Lipinski definition) is 1. The van der Waals surface area contributed by atoms with E-state index in [0.717, 1.165) is 16.8 Å². The molecule has 0 fully saturated rings. The van der Waals surface area contributed by atoms with E-state index in [2.05, 4.69) is 10.3 Å². The van der Waals surface area contributed by atoms with Gasteiger partial charge < -0.3 is 9.88 Å². The number of hydrogen-bond acceptors (Lipinski definition) is 4. The van der Waals surface area contributed by atoms with Crippen LogP contribution in [-0.2, 0) is 21.4 Å². The monoisotopic (exact) mass is 428 g/mol. The third kappa shape index (κ3) is 4.55. The Morgan fingerprint density at radius 3 is 2.47 bits per heavy atom. The van der Waals surface area contributed by atoms with Crippen LogP contribution in [0.4, 0.5) is 5.69 Å². The molecular weight excluding hydrogens is 400 g/mol. The molecule has 0 radical (unpaired) electrons. The Hall–Kier alpha value is -2.71. The highest BCUT2D eigenvalue weighted by Crippen LogP contribution is 2.22. The Kier molecular flexibility index (Phi) is 6.58. The van der Waals surface area contributed by atoms with Crippen molar-refractivity contribution >= 4 is 32.7 Å². The number of carbonyl (C=O) groups is 1. The van der Waals surface area contributed by atoms with Gasteiger partial charge in [0.15, 0.2) is 0 Å². The van der Waals surface area contributed by atoms with Crippen LogP contribution in [-0.4, -0.2) is 41.3 Å². The van der Waals surface area contributed by atoms with Crippen molar-refractivity contribution in [2.75, 3.05) is 18.4 Å². The average molecular weight is 429 g/mol. The number of fused-ring (bicyclic) bond motifs is 1. The van der Waals surface area contributed by atoms with Crippen LogP contribution in [0.2, 0.25) is 0 Å². The van der Waals surface area contributed by atoms with E-state index in [0.29, 0.717) is 25.2 Å². The Balaban J connectivity index is 1.71. The van der Waals surface area contributed by atoms with E-state index >= 15 is 0 Å². The van der Waals surface area contributed by atoms with Crippen LogP contribution in [0.15, 0.2) is 47.6 Å². The van der Waals surface area contributed by atoms with E-state index < -0.39 is 10.0 Å². The predicted octanol–water partition coefficient (Wildman–Crippen LogP) is 3.71. The Bertz CT molecular complexity index is 1160. The standard InChI is InChI=1S/C22H28N4O3S/c1-5-26(6-2)30(28,29)19-9-10-21-20(14-19)23-15-25(21)12-11-22(27)24-18-8-7-16(3)17(4)13-18/h7-10,13-15H,5-6,11-12H2,1-4H3,(H,24,27). The van der Waals surface area contributed by atoms with Crippen LogP contribution >= 0.6 is 0 Å². The lowest BCUT2D eigenvalue weighted by molar-refractivity contribution is -0.116. The fourth-order valence-electron chi connectivity index (χ4n) is 3.36. The summed E-state index contributed by atoms with van der Waals surface area (Å²) in [5.74, 6) is -0.0826. The SMILES string of the molecule is CCN(CC)S(=O)(=O)c1ccc2c(c1)ncn2CCC(=O)Nc1ccc(C)c(C)c1. The number of amides is 1. The molecule has 1 aromatic heterocycles. The highest BCUT2D eigenvalue weighted by atomic mass is 32.2. The summed E-state index contributed by atoms with van der Waals surface area (Å²) in [6.07, 6.45) is 1.93. The number of aromatic nitrogens is 2. The van der Waals surface area contributed by atoms with Gasteiger partial charge in [0, 0.05) is 31.7 Å². The van der Waals surface area contributed by atoms with Gasteiger partial charge in [-0.2, -0.15) is 4.31 Å². The average Bonchev–Trinajstić information content (AvgIpc) is 3.12. The summed E-state index contributed by atoms with van der Waals surface area (Å²) in [5, 5.41) is 2.92. The second-order valence-electron chi connectivity index (χ2n) is 7.28. The van der Waals surface area contributed by atoms with Gasteiger partial charge in [-0.3, -0.25) is 4.79 Å². The van der Waals surface area contributed by atoms with Crippen LogP contribution in [0.1, 0.15) is 31.4 Å². The zero-order valence-electron chi connectivity index (χ0n) is 17.8. The van der Waals surface area contributed by atoms with Gasteiger partial charge in [0.05, 0.1) is 22.3 Å². The van der Waals surface area contributed by atoms with Gasteiger partial charge in [0.1, 0.15) is 0 Å². The molecule has 0 saturated carbocycles. The van der Waals surface area contributed by atoms with E-state index in [1.54, 1.807) is 24.5 Å². The molecule has 0 aliphatic heterocycles. The van der Waals surface area contributed by atoms with Crippen LogP contribution in [0.3, 0.4) is 0 Å². The zero-order valence-corrected chi connectivity index (χ0v) is 18.7. The van der Waals surface area contributed by atoms with Gasteiger partial charge in [0.2, 0.25) is 15.9 Å². The van der Waals surface area contributed by atoms with Crippen LogP contribution in [0.5, 0.6) is 0 Å². The lowest BCUT2D eigenvalue weighted by atomic mass is 10.1. The summed E-state index contributed by atoms with van der Waals surface area (Å²) in [6.45, 7) is 8.97. The third-order valence-electron chi connectivity index (χ3n) is 5.31. The predicted molar refractivity (Wildman–Crippen MR) is 119 cm³/mol. The smallest absolute Gasteiger partial charge is 0.243 e. The summed E-state index contributed by atoms with van der Waals surface area (Å²) in [7, 11) is -3.53. The minimum Gasteiger partial charge on any atom is -0.330 e. The molecule has 1 N–H and O–H groups in total. The first-order chi connectivity index (χ1) is 14.3. The molecule has 160 valence electrons. The molecule has 8 heteroatoms. The second kappa shape index (κ2) is 8.97. The summed E-state index contributed by atoms with van der Waals surface area (Å²) in [4.78, 5) is 16.9. The zero-order chi connectivity index (χ0) is 21.9. The largest absolute Gasteiger partial charge is 0.330 e. The summed E-state index contributed by atoms with van der Waals surface area (Å²) in [6, 6.07) is 10.8. The molecule has 0 aliphatic rings. The van der Waals surface area contributed by atoms with E-state index in [1.165, 1.54) is 9.87 Å². The lowest BCUT2D eigenvalue weighted by Crippen LogP contribution is -2.30. The first kappa shape index (κ1) is 22.0. The van der Waals surface area contributed by atoms with Crippen LogP contribution in [0.25, 0.3) is 11.0 Å². The third-order valence-corrected chi connectivity index (χ3v) is 7.35. The molecule has 0 unspecified atom stereocenters. The Morgan fingerprint density at radius 1 is 1.07 bits per heavy atom. The molecule has 0 bridgehead atoms. The van der Waals surface area contributed by atoms with Crippen molar-refractivity contribution in [3.05, 3.63) is 53.9 Å². The van der Waals surface area contributed by atoms with Crippen molar-refractivity contribution in [1.82, 2.24) is 13.9 Å². The summed E-state index contributed by atoms with van der Waals surface area (Å²) < 4.78 is 28.7. The number of aryl methyl sites for hydroxylation is 3. The van der Waals surface area contributed by atoms with Gasteiger partial charge in [0.25, 0.3) is 0 Å². The van der Waals surface area contributed by atoms with Gasteiger partial charge >= 0.3 is 0 Å². The van der Waals surface area contributed by atoms with Crippen LogP contribution < -0.4 is 5.32 Å². The number of sulfonamides is 1. The van der Waals surface area contributed by atoms with Gasteiger partial charge in [-0.05, 0) is 55.3 Å². The van der Waals surface area contributed by atoms with Crippen molar-refractivity contribution in [2.45, 2.75) is 45.6 Å². The maximum absolute atomic E-state index is 12.7. The number of benzene rings is 2. The van der Waals surface area contributed by atoms with Gasteiger partial charge in [-0.1, -0.05) is 19.9 Å². The van der Waals surface area contributed by atoms with E-state index in [-0.39, 0.29) is 17.2 Å². The maximum atomic E-state index is 12.7. The molecule has 0 saturated heterocycles. The normalized spacial score (nSPS) is 11.9. The molecule has 0 atom stereocenters. The van der Waals surface area contributed by atoms with Gasteiger partial charge in [-0.15, -0.1) is 0 Å². The van der Waals surface area contributed by atoms with Crippen molar-refractivity contribution in [1.29, 1.82) is 0 Å². The van der Waals surface area contributed by atoms with E-state index in [1.807, 2.05) is 50.5 Å². The van der Waals surface area contributed by atoms with Crippen LogP contribution in [0, 0.1) is 13.8 Å². The number of anilines is 1. The second-order valence-corrected chi connectivity index (χ2v) is 9.21. The number of nitrogens with one attached hydrogen (secondary N) is 1. The first-order valence-corrected chi connectivity index (χ1v) is 11.5. The fraction of sp³-hybridized carbons (Fsp3) is 0.364. The lowest BCUT2D eigenvalue weighted by Gasteiger charge is -2.18. The van der Waals surface area contributed by atoms with Crippen molar-refractivity contribution < 1.29 is 13.2 Å².